The van der Waals surface area contributed by atoms with Crippen molar-refractivity contribution in [1.82, 2.24) is 5.32 Å². The first-order chi connectivity index (χ1) is 8.28. The summed E-state index contributed by atoms with van der Waals surface area (Å²) in [6, 6.07) is 0. The van der Waals surface area contributed by atoms with E-state index in [1.165, 1.54) is 0 Å². The molecule has 1 N–H and O–H groups in total. The molecule has 104 valence electrons. The normalized spacial score (nSPS) is 24.4. The molecule has 1 saturated carbocycles. The van der Waals surface area contributed by atoms with Crippen LogP contribution in [-0.4, -0.2) is 24.0 Å². The summed E-state index contributed by atoms with van der Waals surface area (Å²) in [6.07, 6.45) is 3.48. The van der Waals surface area contributed by atoms with Crippen molar-refractivity contribution in [2.75, 3.05) is 6.61 Å². The van der Waals surface area contributed by atoms with Crippen molar-refractivity contribution >= 4 is 11.9 Å². The van der Waals surface area contributed by atoms with Gasteiger partial charge in [0.05, 0.1) is 6.61 Å². The Morgan fingerprint density at radius 2 is 1.72 bits per heavy atom. The molecule has 1 aliphatic carbocycles. The Morgan fingerprint density at radius 1 is 1.17 bits per heavy atom. The number of ether oxygens (including phenoxy) is 1. The Labute approximate surface area is 109 Å². The average molecular weight is 255 g/mol. The van der Waals surface area contributed by atoms with Crippen LogP contribution >= 0.6 is 0 Å². The second kappa shape index (κ2) is 6.21. The minimum absolute atomic E-state index is 0.227. The molecule has 4 nitrogen and oxygen atoms in total. The molecule has 0 atom stereocenters. The van der Waals surface area contributed by atoms with Gasteiger partial charge in [-0.1, -0.05) is 0 Å². The smallest absolute Gasteiger partial charge is 0.407 e. The van der Waals surface area contributed by atoms with Crippen LogP contribution in [0.4, 0.5) is 4.79 Å². The highest BCUT2D eigenvalue weighted by atomic mass is 16.5. The molecule has 0 heterocycles. The summed E-state index contributed by atoms with van der Waals surface area (Å²) in [4.78, 5) is 22.7. The summed E-state index contributed by atoms with van der Waals surface area (Å²) in [5.41, 5.74) is -0.261. The third-order valence-corrected chi connectivity index (χ3v) is 3.35. The first kappa shape index (κ1) is 15.0. The van der Waals surface area contributed by atoms with Crippen molar-refractivity contribution in [3.63, 3.8) is 0 Å². The molecule has 1 rings (SSSR count). The molecule has 0 aromatic carbocycles. The molecule has 0 aromatic rings. The summed E-state index contributed by atoms with van der Waals surface area (Å²) >= 11 is 0. The van der Waals surface area contributed by atoms with Crippen molar-refractivity contribution in [2.45, 2.75) is 58.9 Å². The lowest BCUT2D eigenvalue weighted by molar-refractivity contribution is -0.122. The van der Waals surface area contributed by atoms with E-state index in [2.05, 4.69) is 5.32 Å². The second-order valence-corrected chi connectivity index (χ2v) is 6.30. The van der Waals surface area contributed by atoms with E-state index >= 15 is 0 Å². The van der Waals surface area contributed by atoms with Gasteiger partial charge in [-0.25, -0.2) is 4.79 Å². The zero-order chi connectivity index (χ0) is 13.8. The van der Waals surface area contributed by atoms with Crippen LogP contribution in [0, 0.1) is 11.8 Å². The third kappa shape index (κ3) is 5.52. The number of ketones is 1. The lowest BCUT2D eigenvalue weighted by atomic mass is 9.81. The lowest BCUT2D eigenvalue weighted by Crippen LogP contribution is -2.41. The van der Waals surface area contributed by atoms with Crippen LogP contribution in [0.1, 0.15) is 53.4 Å². The molecule has 0 bridgehead atoms. The van der Waals surface area contributed by atoms with Crippen molar-refractivity contribution in [2.24, 2.45) is 11.8 Å². The lowest BCUT2D eigenvalue weighted by Gasteiger charge is -2.27. The van der Waals surface area contributed by atoms with E-state index < -0.39 is 0 Å². The highest BCUT2D eigenvalue weighted by molar-refractivity contribution is 5.78. The van der Waals surface area contributed by atoms with Crippen LogP contribution in [0.3, 0.4) is 0 Å². The zero-order valence-corrected chi connectivity index (χ0v) is 11.9. The second-order valence-electron chi connectivity index (χ2n) is 6.30. The predicted molar refractivity (Wildman–Crippen MR) is 70.4 cm³/mol. The molecule has 1 amide bonds. The van der Waals surface area contributed by atoms with Gasteiger partial charge in [0.15, 0.2) is 0 Å². The quantitative estimate of drug-likeness (QED) is 0.843. The monoisotopic (exact) mass is 255 g/mol. The first-order valence-corrected chi connectivity index (χ1v) is 6.73. The molecule has 0 spiro atoms. The van der Waals surface area contributed by atoms with Crippen molar-refractivity contribution < 1.29 is 14.3 Å². The molecule has 0 unspecified atom stereocenters. The van der Waals surface area contributed by atoms with E-state index in [0.29, 0.717) is 18.3 Å². The summed E-state index contributed by atoms with van der Waals surface area (Å²) in [7, 11) is 0. The van der Waals surface area contributed by atoms with Gasteiger partial charge in [-0.2, -0.15) is 0 Å². The fourth-order valence-corrected chi connectivity index (χ4v) is 2.27. The Bertz CT molecular complexity index is 299. The molecule has 0 saturated heterocycles. The summed E-state index contributed by atoms with van der Waals surface area (Å²) < 4.78 is 5.22. The van der Waals surface area contributed by atoms with E-state index in [9.17, 15) is 9.59 Å². The molecule has 1 fully saturated rings. The highest BCUT2D eigenvalue weighted by Gasteiger charge is 2.25. The van der Waals surface area contributed by atoms with Gasteiger partial charge in [0, 0.05) is 11.5 Å². The number of carbonyl (C=O) groups is 2. The minimum Gasteiger partial charge on any atom is -0.449 e. The topological polar surface area (TPSA) is 55.4 Å². The highest BCUT2D eigenvalue weighted by Crippen LogP contribution is 2.29. The van der Waals surface area contributed by atoms with E-state index in [0.717, 1.165) is 25.7 Å². The molecular weight excluding hydrogens is 230 g/mol. The molecule has 18 heavy (non-hydrogen) atoms. The molecule has 4 heteroatoms. The Kier molecular flexibility index (Phi) is 5.17. The fraction of sp³-hybridized carbons (Fsp3) is 0.857. The van der Waals surface area contributed by atoms with Gasteiger partial charge in [-0.05, 0) is 59.3 Å². The van der Waals surface area contributed by atoms with Gasteiger partial charge in [0.1, 0.15) is 5.78 Å². The van der Waals surface area contributed by atoms with Gasteiger partial charge in [-0.3, -0.25) is 4.79 Å². The Hall–Kier alpha value is -1.06. The Balaban J connectivity index is 2.22. The number of amides is 1. The summed E-state index contributed by atoms with van der Waals surface area (Å²) in [5.74, 6) is 0.927. The standard InChI is InChI=1S/C14H25NO3/c1-10(16)12-7-5-11(6-8-12)9-18-13(17)15-14(2,3)4/h11-12H,5-9H2,1-4H3,(H,15,17). The van der Waals surface area contributed by atoms with Gasteiger partial charge in [0.2, 0.25) is 0 Å². The largest absolute Gasteiger partial charge is 0.449 e. The van der Waals surface area contributed by atoms with Crippen molar-refractivity contribution in [1.29, 1.82) is 0 Å². The maximum atomic E-state index is 11.5. The predicted octanol–water partition coefficient (Wildman–Crippen LogP) is 2.91. The van der Waals surface area contributed by atoms with Gasteiger partial charge in [-0.15, -0.1) is 0 Å². The van der Waals surface area contributed by atoms with Gasteiger partial charge in [0.25, 0.3) is 0 Å². The SMILES string of the molecule is CC(=O)C1CCC(COC(=O)NC(C)(C)C)CC1. The van der Waals surface area contributed by atoms with Crippen LogP contribution in [0.25, 0.3) is 0 Å². The van der Waals surface area contributed by atoms with Crippen molar-refractivity contribution in [3.05, 3.63) is 0 Å². The summed E-state index contributed by atoms with van der Waals surface area (Å²) in [5, 5.41) is 2.77. The first-order valence-electron chi connectivity index (χ1n) is 6.73. The van der Waals surface area contributed by atoms with E-state index in [1.807, 2.05) is 20.8 Å². The average Bonchev–Trinajstić information content (AvgIpc) is 2.24. The van der Waals surface area contributed by atoms with Gasteiger partial charge < -0.3 is 10.1 Å². The number of carbonyl (C=O) groups excluding carboxylic acids is 2. The molecule has 0 aromatic heterocycles. The number of nitrogens with one attached hydrogen (secondary N) is 1. The van der Waals surface area contributed by atoms with Crippen molar-refractivity contribution in [3.8, 4) is 0 Å². The number of rotatable bonds is 3. The number of Topliss-reactive ketones (excluding diaryl/α,β-unsaturated/α-hetero) is 1. The molecule has 1 aliphatic rings. The molecule has 0 aliphatic heterocycles. The van der Waals surface area contributed by atoms with Crippen LogP contribution < -0.4 is 5.32 Å². The minimum atomic E-state index is -0.351. The van der Waals surface area contributed by atoms with E-state index in [4.69, 9.17) is 4.74 Å². The third-order valence-electron chi connectivity index (χ3n) is 3.35. The number of hydrogen-bond acceptors (Lipinski definition) is 3. The zero-order valence-electron chi connectivity index (χ0n) is 11.9. The maximum Gasteiger partial charge on any atom is 0.407 e. The van der Waals surface area contributed by atoms with Crippen LogP contribution in [0.5, 0.6) is 0 Å². The van der Waals surface area contributed by atoms with E-state index in [1.54, 1.807) is 6.92 Å². The molecule has 0 radical (unpaired) electrons. The number of alkyl carbamates (subject to hydrolysis) is 1. The van der Waals surface area contributed by atoms with Crippen LogP contribution in [0.15, 0.2) is 0 Å². The fourth-order valence-electron chi connectivity index (χ4n) is 2.27. The maximum absolute atomic E-state index is 11.5. The Morgan fingerprint density at radius 3 is 2.17 bits per heavy atom. The van der Waals surface area contributed by atoms with Crippen LogP contribution in [-0.2, 0) is 9.53 Å². The number of hydrogen-bond donors (Lipinski definition) is 1. The summed E-state index contributed by atoms with van der Waals surface area (Å²) in [6.45, 7) is 7.90. The van der Waals surface area contributed by atoms with Crippen LogP contribution in [0.2, 0.25) is 0 Å². The van der Waals surface area contributed by atoms with E-state index in [-0.39, 0.29) is 17.6 Å². The van der Waals surface area contributed by atoms with Gasteiger partial charge >= 0.3 is 6.09 Å². The molecular formula is C14H25NO3.